The summed E-state index contributed by atoms with van der Waals surface area (Å²) < 4.78 is 14.9. The van der Waals surface area contributed by atoms with Crippen LogP contribution in [0.4, 0.5) is 0 Å². The molecule has 0 spiro atoms. The molecule has 0 saturated heterocycles. The van der Waals surface area contributed by atoms with E-state index in [1.54, 1.807) is 18.2 Å². The smallest absolute Gasteiger partial charge is 0.328 e. The van der Waals surface area contributed by atoms with Crippen LogP contribution in [0.15, 0.2) is 59.1 Å². The molecule has 0 radical (unpaired) electrons. The Morgan fingerprint density at radius 2 is 1.79 bits per heavy atom. The summed E-state index contributed by atoms with van der Waals surface area (Å²) in [6.45, 7) is -0.517. The van der Waals surface area contributed by atoms with Crippen molar-refractivity contribution in [3.8, 4) is 0 Å². The molecule has 29 heavy (non-hydrogen) atoms. The number of aromatic nitrogens is 1. The number of methoxy groups -OCH3 is 1. The van der Waals surface area contributed by atoms with Gasteiger partial charge in [0.05, 0.1) is 13.5 Å². The van der Waals surface area contributed by atoms with Crippen LogP contribution in [0.25, 0.3) is 11.0 Å². The first-order valence-electron chi connectivity index (χ1n) is 8.97. The lowest BCUT2D eigenvalue weighted by atomic mass is 10.1. The Morgan fingerprint density at radius 3 is 2.55 bits per heavy atom. The zero-order valence-electron chi connectivity index (χ0n) is 15.8. The molecule has 0 aliphatic carbocycles. The number of nitrogens with one attached hydrogen (secondary N) is 1. The van der Waals surface area contributed by atoms with Gasteiger partial charge in [-0.15, -0.1) is 0 Å². The Kier molecular flexibility index (Phi) is 6.57. The lowest BCUT2D eigenvalue weighted by Gasteiger charge is -2.16. The molecule has 8 heteroatoms. The Balaban J connectivity index is 1.53. The molecule has 1 amide bonds. The Bertz CT molecular complexity index is 999. The normalized spacial score (nSPS) is 11.6. The average Bonchev–Trinajstić information content (AvgIpc) is 3.15. The second-order valence-corrected chi connectivity index (χ2v) is 6.30. The van der Waals surface area contributed by atoms with Gasteiger partial charge in [-0.3, -0.25) is 9.59 Å². The number of nitrogens with zero attached hydrogens (tertiary/aromatic N) is 1. The first-order chi connectivity index (χ1) is 14.1. The van der Waals surface area contributed by atoms with Gasteiger partial charge in [0.25, 0.3) is 5.91 Å². The molecular weight excluding hydrogens is 376 g/mol. The zero-order chi connectivity index (χ0) is 20.6. The van der Waals surface area contributed by atoms with Crippen molar-refractivity contribution in [2.45, 2.75) is 18.9 Å². The van der Waals surface area contributed by atoms with E-state index in [0.29, 0.717) is 16.7 Å². The van der Waals surface area contributed by atoms with E-state index >= 15 is 0 Å². The number of hydrogen-bond acceptors (Lipinski definition) is 7. The number of benzene rings is 2. The second-order valence-electron chi connectivity index (χ2n) is 6.30. The fraction of sp³-hybridized carbons (Fsp3) is 0.238. The number of fused-ring (bicyclic) bond motifs is 1. The van der Waals surface area contributed by atoms with E-state index < -0.39 is 30.5 Å². The van der Waals surface area contributed by atoms with E-state index in [1.807, 2.05) is 36.4 Å². The molecule has 0 bridgehead atoms. The van der Waals surface area contributed by atoms with Gasteiger partial charge in [0.1, 0.15) is 11.7 Å². The molecule has 3 aromatic rings. The number of carbonyl (C=O) groups is 3. The molecule has 1 heterocycles. The molecule has 0 unspecified atom stereocenters. The molecule has 1 N–H and O–H groups in total. The van der Waals surface area contributed by atoms with Crippen molar-refractivity contribution in [2.75, 3.05) is 13.7 Å². The standard InChI is InChI=1S/C21H20N2O6/c1-27-21(26)17(11-14-7-3-2-4-8-14)22-19(24)13-28-20(25)12-16-15-9-5-6-10-18(15)29-23-16/h2-10,17H,11-13H2,1H3,(H,22,24)/t17-/m1/s1. The predicted molar refractivity (Wildman–Crippen MR) is 103 cm³/mol. The summed E-state index contributed by atoms with van der Waals surface area (Å²) in [6.07, 6.45) is 0.132. The molecule has 1 atom stereocenters. The molecule has 150 valence electrons. The van der Waals surface area contributed by atoms with Crippen molar-refractivity contribution >= 4 is 28.8 Å². The molecule has 2 aromatic carbocycles. The minimum absolute atomic E-state index is 0.130. The van der Waals surface area contributed by atoms with Crippen LogP contribution in [0, 0.1) is 0 Å². The monoisotopic (exact) mass is 396 g/mol. The van der Waals surface area contributed by atoms with E-state index in [9.17, 15) is 14.4 Å². The molecule has 3 rings (SSSR count). The number of ether oxygens (including phenoxy) is 2. The van der Waals surface area contributed by atoms with Crippen molar-refractivity contribution in [1.29, 1.82) is 0 Å². The highest BCUT2D eigenvalue weighted by atomic mass is 16.5. The van der Waals surface area contributed by atoms with Gasteiger partial charge in [-0.05, 0) is 17.7 Å². The summed E-state index contributed by atoms with van der Waals surface area (Å²) in [7, 11) is 1.24. The number of rotatable bonds is 8. The largest absolute Gasteiger partial charge is 0.467 e. The third kappa shape index (κ3) is 5.41. The quantitative estimate of drug-likeness (QED) is 0.579. The van der Waals surface area contributed by atoms with Crippen LogP contribution >= 0.6 is 0 Å². The van der Waals surface area contributed by atoms with Crippen molar-refractivity contribution in [2.24, 2.45) is 0 Å². The van der Waals surface area contributed by atoms with Crippen molar-refractivity contribution in [3.63, 3.8) is 0 Å². The fourth-order valence-corrected chi connectivity index (χ4v) is 2.82. The lowest BCUT2D eigenvalue weighted by Crippen LogP contribution is -2.44. The van der Waals surface area contributed by atoms with Gasteiger partial charge in [-0.25, -0.2) is 4.79 Å². The third-order valence-electron chi connectivity index (χ3n) is 4.23. The molecule has 1 aromatic heterocycles. The summed E-state index contributed by atoms with van der Waals surface area (Å²) in [5.74, 6) is -1.81. The first kappa shape index (κ1) is 20.1. The SMILES string of the molecule is COC(=O)[C@@H](Cc1ccccc1)NC(=O)COC(=O)Cc1noc2ccccc12. The van der Waals surface area contributed by atoms with Crippen molar-refractivity contribution in [3.05, 3.63) is 65.9 Å². The van der Waals surface area contributed by atoms with E-state index in [2.05, 4.69) is 10.5 Å². The number of hydrogen-bond donors (Lipinski definition) is 1. The van der Waals surface area contributed by atoms with E-state index in [-0.39, 0.29) is 12.8 Å². The minimum Gasteiger partial charge on any atom is -0.467 e. The van der Waals surface area contributed by atoms with E-state index in [4.69, 9.17) is 14.0 Å². The van der Waals surface area contributed by atoms with Gasteiger partial charge in [0, 0.05) is 11.8 Å². The zero-order valence-corrected chi connectivity index (χ0v) is 15.8. The maximum Gasteiger partial charge on any atom is 0.328 e. The van der Waals surface area contributed by atoms with E-state index in [0.717, 1.165) is 5.56 Å². The van der Waals surface area contributed by atoms with Crippen molar-refractivity contribution in [1.82, 2.24) is 10.5 Å². The maximum atomic E-state index is 12.2. The Labute approximate surface area is 166 Å². The van der Waals surface area contributed by atoms with Gasteiger partial charge < -0.3 is 19.3 Å². The number of esters is 2. The van der Waals surface area contributed by atoms with Crippen molar-refractivity contribution < 1.29 is 28.4 Å². The van der Waals surface area contributed by atoms with Gasteiger partial charge >= 0.3 is 11.9 Å². The Morgan fingerprint density at radius 1 is 1.07 bits per heavy atom. The third-order valence-corrected chi connectivity index (χ3v) is 4.23. The average molecular weight is 396 g/mol. The van der Waals surface area contributed by atoms with Gasteiger partial charge in [-0.1, -0.05) is 47.6 Å². The summed E-state index contributed by atoms with van der Waals surface area (Å²) in [6, 6.07) is 15.4. The number of amides is 1. The minimum atomic E-state index is -0.881. The van der Waals surface area contributed by atoms with E-state index in [1.165, 1.54) is 7.11 Å². The molecule has 0 fully saturated rings. The molecule has 0 aliphatic heterocycles. The fourth-order valence-electron chi connectivity index (χ4n) is 2.82. The summed E-state index contributed by atoms with van der Waals surface area (Å²) >= 11 is 0. The highest BCUT2D eigenvalue weighted by Gasteiger charge is 2.23. The van der Waals surface area contributed by atoms with Crippen LogP contribution in [0.2, 0.25) is 0 Å². The van der Waals surface area contributed by atoms with Gasteiger partial charge in [-0.2, -0.15) is 0 Å². The maximum absolute atomic E-state index is 12.2. The van der Waals surface area contributed by atoms with Crippen LogP contribution in [0.3, 0.4) is 0 Å². The molecule has 0 saturated carbocycles. The second kappa shape index (κ2) is 9.50. The lowest BCUT2D eigenvalue weighted by molar-refractivity contribution is -0.149. The molecule has 0 aliphatic rings. The van der Waals surface area contributed by atoms with Crippen LogP contribution in [0.5, 0.6) is 0 Å². The number of carbonyl (C=O) groups excluding carboxylic acids is 3. The van der Waals surface area contributed by atoms with Crippen LogP contribution in [-0.2, 0) is 36.7 Å². The predicted octanol–water partition coefficient (Wildman–Crippen LogP) is 1.81. The van der Waals surface area contributed by atoms with Gasteiger partial charge in [0.2, 0.25) is 0 Å². The highest BCUT2D eigenvalue weighted by molar-refractivity contribution is 5.87. The molecular formula is C21H20N2O6. The molecule has 8 nitrogen and oxygen atoms in total. The summed E-state index contributed by atoms with van der Waals surface area (Å²) in [4.78, 5) is 36.2. The Hall–Kier alpha value is -3.68. The van der Waals surface area contributed by atoms with Crippen LogP contribution in [-0.4, -0.2) is 42.8 Å². The number of para-hydroxylation sites is 1. The first-order valence-corrected chi connectivity index (χ1v) is 8.97. The van der Waals surface area contributed by atoms with Crippen LogP contribution < -0.4 is 5.32 Å². The summed E-state index contributed by atoms with van der Waals surface area (Å²) in [5, 5.41) is 7.10. The van der Waals surface area contributed by atoms with Crippen LogP contribution in [0.1, 0.15) is 11.3 Å². The topological polar surface area (TPSA) is 108 Å². The highest BCUT2D eigenvalue weighted by Crippen LogP contribution is 2.18. The van der Waals surface area contributed by atoms with Gasteiger partial charge in [0.15, 0.2) is 12.2 Å². The summed E-state index contributed by atoms with van der Waals surface area (Å²) in [5.41, 5.74) is 1.86.